The lowest BCUT2D eigenvalue weighted by molar-refractivity contribution is -0.139. The van der Waals surface area contributed by atoms with E-state index in [0.717, 1.165) is 29.1 Å². The van der Waals surface area contributed by atoms with E-state index in [2.05, 4.69) is 0 Å². The molecular weight excluding hydrogens is 422 g/mol. The second-order valence-electron chi connectivity index (χ2n) is 7.65. The van der Waals surface area contributed by atoms with Crippen molar-refractivity contribution in [1.82, 2.24) is 14.1 Å². The maximum Gasteiger partial charge on any atom is 0.419 e. The van der Waals surface area contributed by atoms with Gasteiger partial charge in [-0.25, -0.2) is 9.10 Å². The van der Waals surface area contributed by atoms with Gasteiger partial charge in [-0.15, -0.1) is 0 Å². The third kappa shape index (κ3) is 4.32. The maximum atomic E-state index is 12.5. The number of carbonyl (C=O) groups is 4. The van der Waals surface area contributed by atoms with Crippen LogP contribution in [-0.4, -0.2) is 85.7 Å². The highest BCUT2D eigenvalue weighted by Gasteiger charge is 2.50. The molecule has 1 fully saturated rings. The predicted molar refractivity (Wildman–Crippen MR) is 115 cm³/mol. The average molecular weight is 450 g/mol. The van der Waals surface area contributed by atoms with Gasteiger partial charge >= 0.3 is 6.09 Å². The summed E-state index contributed by atoms with van der Waals surface area (Å²) in [6, 6.07) is 6.69. The van der Waals surface area contributed by atoms with E-state index in [1.54, 1.807) is 29.2 Å². The molecule has 1 unspecified atom stereocenters. The zero-order valence-electron chi connectivity index (χ0n) is 17.5. The van der Waals surface area contributed by atoms with Crippen molar-refractivity contribution in [2.24, 2.45) is 0 Å². The Morgan fingerprint density at radius 1 is 1.10 bits per heavy atom. The van der Waals surface area contributed by atoms with Gasteiger partial charge in [0.05, 0.1) is 17.7 Å². The summed E-state index contributed by atoms with van der Waals surface area (Å²) in [5.41, 5.74) is -0.798. The first kappa shape index (κ1) is 23.2. The zero-order chi connectivity index (χ0) is 22.6. The molecule has 10 heteroatoms. The summed E-state index contributed by atoms with van der Waals surface area (Å²) in [6.45, 7) is 2.02. The Hall–Kier alpha value is -2.43. The van der Waals surface area contributed by atoms with Gasteiger partial charge in [0.1, 0.15) is 0 Å². The summed E-state index contributed by atoms with van der Waals surface area (Å²) >= 11 is 0.971. The average Bonchev–Trinajstić information content (AvgIpc) is 3.36. The molecule has 0 aromatic heterocycles. The Morgan fingerprint density at radius 2 is 1.68 bits per heavy atom. The third-order valence-electron chi connectivity index (χ3n) is 5.80. The molecule has 0 bridgehead atoms. The summed E-state index contributed by atoms with van der Waals surface area (Å²) in [7, 11) is 0. The van der Waals surface area contributed by atoms with E-state index < -0.39 is 24.1 Å². The molecule has 1 atom stereocenters. The molecule has 2 N–H and O–H groups in total. The normalized spacial score (nSPS) is 18.2. The summed E-state index contributed by atoms with van der Waals surface area (Å²) < 4.78 is 0.961. The molecular formula is C21H27N3O6S. The van der Waals surface area contributed by atoms with Crippen molar-refractivity contribution in [3.63, 3.8) is 0 Å². The molecule has 3 amide bonds. The highest BCUT2D eigenvalue weighted by atomic mass is 32.2. The molecule has 1 aromatic carbocycles. The number of Topliss-reactive ketones (excluding diaryl/α,β-unsaturated/α-hetero) is 1. The van der Waals surface area contributed by atoms with Crippen molar-refractivity contribution in [3.05, 3.63) is 35.4 Å². The lowest BCUT2D eigenvalue weighted by atomic mass is 10.1. The number of likely N-dealkylation sites (tertiary alicyclic amines) is 1. The minimum Gasteiger partial charge on any atom is -0.464 e. The minimum atomic E-state index is -1.60. The van der Waals surface area contributed by atoms with Gasteiger partial charge in [-0.1, -0.05) is 12.1 Å². The summed E-state index contributed by atoms with van der Waals surface area (Å²) in [6.07, 6.45) is 1.42. The zero-order valence-corrected chi connectivity index (χ0v) is 18.3. The van der Waals surface area contributed by atoms with Crippen LogP contribution in [0.3, 0.4) is 0 Å². The van der Waals surface area contributed by atoms with Gasteiger partial charge in [0, 0.05) is 25.4 Å². The van der Waals surface area contributed by atoms with E-state index in [-0.39, 0.29) is 18.4 Å². The number of ketones is 1. The molecule has 2 heterocycles. The number of amides is 3. The molecule has 2 aliphatic heterocycles. The Kier molecular flexibility index (Phi) is 7.34. The van der Waals surface area contributed by atoms with Gasteiger partial charge < -0.3 is 10.2 Å². The van der Waals surface area contributed by atoms with E-state index in [4.69, 9.17) is 0 Å². The predicted octanol–water partition coefficient (Wildman–Crippen LogP) is 2.06. The topological polar surface area (TPSA) is 118 Å². The second-order valence-corrected chi connectivity index (χ2v) is 8.68. The minimum absolute atomic E-state index is 0.240. The van der Waals surface area contributed by atoms with Gasteiger partial charge in [-0.3, -0.25) is 24.2 Å². The quantitative estimate of drug-likeness (QED) is 0.317. The maximum absolute atomic E-state index is 12.5. The molecule has 0 saturated carbocycles. The second kappa shape index (κ2) is 9.80. The molecule has 9 nitrogen and oxygen atoms in total. The lowest BCUT2D eigenvalue weighted by Crippen LogP contribution is -2.65. The number of nitrogens with zero attached hydrogens (tertiary/aromatic N) is 3. The van der Waals surface area contributed by atoms with E-state index >= 15 is 0 Å². The van der Waals surface area contributed by atoms with Crippen LogP contribution in [-0.2, 0) is 4.79 Å². The fraction of sp³-hybridized carbons (Fsp3) is 0.524. The first-order valence-corrected chi connectivity index (χ1v) is 11.3. The van der Waals surface area contributed by atoms with E-state index in [9.17, 15) is 29.4 Å². The standard InChI is InChI=1S/C21H27N3O6S/c1-15(26)21(14-25,22-10-4-5-11-22)24(20(29)30)31-13-7-6-12-23-18(27)16-8-2-3-9-17(16)19(23)28/h2-3,8-9,25H,4-7,10-14H2,1H3,(H,29,30). The van der Waals surface area contributed by atoms with Crippen molar-refractivity contribution in [2.45, 2.75) is 38.3 Å². The highest BCUT2D eigenvalue weighted by Crippen LogP contribution is 2.32. The molecule has 168 valence electrons. The van der Waals surface area contributed by atoms with Gasteiger partial charge in [0.2, 0.25) is 0 Å². The number of unbranched alkanes of at least 4 members (excludes halogenated alkanes) is 1. The van der Waals surface area contributed by atoms with Crippen LogP contribution in [0, 0.1) is 0 Å². The summed E-state index contributed by atoms with van der Waals surface area (Å²) in [4.78, 5) is 52.2. The number of hydrogen-bond donors (Lipinski definition) is 2. The molecule has 0 radical (unpaired) electrons. The van der Waals surface area contributed by atoms with Crippen molar-refractivity contribution in [3.8, 4) is 0 Å². The van der Waals surface area contributed by atoms with Crippen molar-refractivity contribution in [1.29, 1.82) is 0 Å². The largest absolute Gasteiger partial charge is 0.464 e. The van der Waals surface area contributed by atoms with E-state index in [0.29, 0.717) is 42.8 Å². The number of aliphatic hydroxyl groups is 1. The number of benzene rings is 1. The smallest absolute Gasteiger partial charge is 0.419 e. The number of hydrogen-bond acceptors (Lipinski definition) is 7. The Bertz CT molecular complexity index is 837. The number of rotatable bonds is 10. The highest BCUT2D eigenvalue weighted by molar-refractivity contribution is 7.97. The lowest BCUT2D eigenvalue weighted by Gasteiger charge is -2.44. The van der Waals surface area contributed by atoms with Crippen molar-refractivity contribution in [2.75, 3.05) is 32.0 Å². The molecule has 1 saturated heterocycles. The fourth-order valence-corrected chi connectivity index (χ4v) is 5.29. The van der Waals surface area contributed by atoms with Gasteiger partial charge in [0.25, 0.3) is 11.8 Å². The van der Waals surface area contributed by atoms with Gasteiger partial charge in [-0.2, -0.15) is 0 Å². The van der Waals surface area contributed by atoms with Crippen LogP contribution < -0.4 is 0 Å². The molecule has 0 aliphatic carbocycles. The SMILES string of the molecule is CC(=O)C(CO)(N1CCCC1)N(SCCCCN1C(=O)c2ccccc2C1=O)C(=O)O. The number of imide groups is 1. The first-order valence-electron chi connectivity index (χ1n) is 10.3. The third-order valence-corrected chi connectivity index (χ3v) is 6.99. The van der Waals surface area contributed by atoms with Crippen LogP contribution in [0.1, 0.15) is 53.3 Å². The van der Waals surface area contributed by atoms with Crippen LogP contribution in [0.2, 0.25) is 0 Å². The van der Waals surface area contributed by atoms with Crippen LogP contribution in [0.15, 0.2) is 24.3 Å². The Morgan fingerprint density at radius 3 is 2.16 bits per heavy atom. The summed E-state index contributed by atoms with van der Waals surface area (Å²) in [5.74, 6) is -0.688. The fourth-order valence-electron chi connectivity index (χ4n) is 4.15. The van der Waals surface area contributed by atoms with Gasteiger partial charge in [-0.05, 0) is 56.7 Å². The molecule has 3 rings (SSSR count). The number of carboxylic acid groups (broad SMARTS) is 1. The van der Waals surface area contributed by atoms with Crippen LogP contribution in [0.4, 0.5) is 4.79 Å². The summed E-state index contributed by atoms with van der Waals surface area (Å²) in [5, 5.41) is 19.8. The van der Waals surface area contributed by atoms with Crippen LogP contribution in [0.25, 0.3) is 0 Å². The van der Waals surface area contributed by atoms with Gasteiger partial charge in [0.15, 0.2) is 11.4 Å². The molecule has 31 heavy (non-hydrogen) atoms. The molecule has 0 spiro atoms. The number of carbonyl (C=O) groups excluding carboxylic acids is 3. The van der Waals surface area contributed by atoms with Crippen molar-refractivity contribution >= 4 is 35.6 Å². The van der Waals surface area contributed by atoms with Crippen molar-refractivity contribution < 1.29 is 29.4 Å². The first-order chi connectivity index (χ1) is 14.8. The monoisotopic (exact) mass is 449 g/mol. The Labute approximate surface area is 185 Å². The Balaban J connectivity index is 1.58. The number of aliphatic hydroxyl groups excluding tert-OH is 1. The van der Waals surface area contributed by atoms with E-state index in [1.807, 2.05) is 0 Å². The van der Waals surface area contributed by atoms with Crippen LogP contribution in [0.5, 0.6) is 0 Å². The molecule has 1 aromatic rings. The molecule has 2 aliphatic rings. The van der Waals surface area contributed by atoms with E-state index in [1.165, 1.54) is 11.8 Å². The number of fused-ring (bicyclic) bond motifs is 1. The van der Waals surface area contributed by atoms with Crippen LogP contribution >= 0.6 is 11.9 Å².